The number of aromatic nitrogens is 3. The van der Waals surface area contributed by atoms with E-state index in [1.165, 1.54) is 0 Å². The van der Waals surface area contributed by atoms with Crippen LogP contribution in [0.2, 0.25) is 0 Å². The Kier molecular flexibility index (Phi) is 5.74. The van der Waals surface area contributed by atoms with E-state index < -0.39 is 0 Å². The van der Waals surface area contributed by atoms with Crippen molar-refractivity contribution in [3.8, 4) is 5.75 Å². The van der Waals surface area contributed by atoms with Gasteiger partial charge in [0.2, 0.25) is 0 Å². The molecule has 1 saturated heterocycles. The van der Waals surface area contributed by atoms with Crippen molar-refractivity contribution in [1.82, 2.24) is 15.0 Å². The maximum absolute atomic E-state index is 5.50. The number of hydrogen-bond donors (Lipinski definition) is 1. The minimum atomic E-state index is 0.662. The maximum atomic E-state index is 5.50. The number of ether oxygens (including phenoxy) is 1. The molecular formula is C22H26N6O. The third-order valence-electron chi connectivity index (χ3n) is 4.84. The Hall–Kier alpha value is -3.35. The van der Waals surface area contributed by atoms with E-state index in [0.29, 0.717) is 6.61 Å². The van der Waals surface area contributed by atoms with Gasteiger partial charge in [-0.3, -0.25) is 0 Å². The first-order chi connectivity index (χ1) is 14.2. The second-order valence-electron chi connectivity index (χ2n) is 6.90. The van der Waals surface area contributed by atoms with Crippen molar-refractivity contribution >= 4 is 23.1 Å². The van der Waals surface area contributed by atoms with Gasteiger partial charge in [-0.2, -0.15) is 0 Å². The Labute approximate surface area is 171 Å². The predicted octanol–water partition coefficient (Wildman–Crippen LogP) is 3.65. The second kappa shape index (κ2) is 8.77. The molecule has 0 atom stereocenters. The molecular weight excluding hydrogens is 364 g/mol. The fraction of sp³-hybridized carbons (Fsp3) is 0.318. The first kappa shape index (κ1) is 19.0. The van der Waals surface area contributed by atoms with Crippen molar-refractivity contribution in [2.45, 2.75) is 13.8 Å². The third kappa shape index (κ3) is 4.74. The number of piperazine rings is 1. The monoisotopic (exact) mass is 390 g/mol. The highest BCUT2D eigenvalue weighted by molar-refractivity contribution is 5.60. The van der Waals surface area contributed by atoms with E-state index in [2.05, 4.69) is 36.1 Å². The first-order valence-corrected chi connectivity index (χ1v) is 9.98. The van der Waals surface area contributed by atoms with Gasteiger partial charge in [0.15, 0.2) is 0 Å². The molecule has 7 nitrogen and oxygen atoms in total. The van der Waals surface area contributed by atoms with Crippen LogP contribution in [0, 0.1) is 6.92 Å². The van der Waals surface area contributed by atoms with Gasteiger partial charge in [0, 0.05) is 44.1 Å². The van der Waals surface area contributed by atoms with Crippen LogP contribution in [0.4, 0.5) is 23.1 Å². The van der Waals surface area contributed by atoms with E-state index in [0.717, 1.165) is 60.9 Å². The number of nitrogens with zero attached hydrogens (tertiary/aromatic N) is 5. The van der Waals surface area contributed by atoms with Crippen molar-refractivity contribution in [3.05, 3.63) is 60.6 Å². The van der Waals surface area contributed by atoms with Gasteiger partial charge < -0.3 is 19.9 Å². The number of hydrogen-bond acceptors (Lipinski definition) is 7. The van der Waals surface area contributed by atoms with E-state index >= 15 is 0 Å². The molecule has 1 aromatic carbocycles. The zero-order valence-corrected chi connectivity index (χ0v) is 16.9. The highest BCUT2D eigenvalue weighted by Crippen LogP contribution is 2.23. The Morgan fingerprint density at radius 2 is 1.66 bits per heavy atom. The van der Waals surface area contributed by atoms with Gasteiger partial charge in [0.05, 0.1) is 6.61 Å². The van der Waals surface area contributed by atoms with Gasteiger partial charge >= 0.3 is 0 Å². The Balaban J connectivity index is 1.43. The molecule has 150 valence electrons. The molecule has 0 saturated carbocycles. The number of pyridine rings is 1. The summed E-state index contributed by atoms with van der Waals surface area (Å²) in [6, 6.07) is 15.9. The molecule has 1 aliphatic rings. The lowest BCUT2D eigenvalue weighted by molar-refractivity contribution is 0.340. The molecule has 4 rings (SSSR count). The highest BCUT2D eigenvalue weighted by atomic mass is 16.5. The minimum Gasteiger partial charge on any atom is -0.494 e. The lowest BCUT2D eigenvalue weighted by atomic mass is 10.3. The molecule has 2 aromatic heterocycles. The number of anilines is 4. The Morgan fingerprint density at radius 3 is 2.31 bits per heavy atom. The van der Waals surface area contributed by atoms with E-state index in [1.807, 2.05) is 62.5 Å². The summed E-state index contributed by atoms with van der Waals surface area (Å²) in [5.41, 5.74) is 0.970. The quantitative estimate of drug-likeness (QED) is 0.689. The first-order valence-electron chi connectivity index (χ1n) is 9.98. The van der Waals surface area contributed by atoms with Crippen LogP contribution in [0.15, 0.2) is 54.7 Å². The molecule has 1 fully saturated rings. The van der Waals surface area contributed by atoms with Gasteiger partial charge in [-0.1, -0.05) is 6.07 Å². The van der Waals surface area contributed by atoms with Gasteiger partial charge in [-0.05, 0) is 50.2 Å². The molecule has 7 heteroatoms. The summed E-state index contributed by atoms with van der Waals surface area (Å²) in [4.78, 5) is 18.3. The van der Waals surface area contributed by atoms with E-state index in [-0.39, 0.29) is 0 Å². The lowest BCUT2D eigenvalue weighted by Crippen LogP contribution is -2.47. The van der Waals surface area contributed by atoms with Crippen molar-refractivity contribution in [2.75, 3.05) is 47.9 Å². The van der Waals surface area contributed by atoms with Crippen molar-refractivity contribution in [3.63, 3.8) is 0 Å². The molecule has 0 bridgehead atoms. The molecule has 3 aromatic rings. The van der Waals surface area contributed by atoms with Crippen LogP contribution in [-0.2, 0) is 0 Å². The zero-order chi connectivity index (χ0) is 20.1. The summed E-state index contributed by atoms with van der Waals surface area (Å²) in [7, 11) is 0. The Morgan fingerprint density at radius 1 is 0.931 bits per heavy atom. The van der Waals surface area contributed by atoms with Crippen LogP contribution in [-0.4, -0.2) is 47.7 Å². The fourth-order valence-corrected chi connectivity index (χ4v) is 3.43. The lowest BCUT2D eigenvalue weighted by Gasteiger charge is -2.36. The molecule has 0 radical (unpaired) electrons. The topological polar surface area (TPSA) is 66.4 Å². The normalized spacial score (nSPS) is 14.0. The molecule has 0 aliphatic carbocycles. The summed E-state index contributed by atoms with van der Waals surface area (Å²) in [6.45, 7) is 8.20. The van der Waals surface area contributed by atoms with Crippen LogP contribution in [0.3, 0.4) is 0 Å². The molecule has 29 heavy (non-hydrogen) atoms. The van der Waals surface area contributed by atoms with E-state index in [4.69, 9.17) is 4.74 Å². The molecule has 0 spiro atoms. The summed E-state index contributed by atoms with van der Waals surface area (Å²) < 4.78 is 5.50. The number of aryl methyl sites for hydroxylation is 1. The number of benzene rings is 1. The SMILES string of the molecule is CCOc1ccc(Nc2cc(N3CCN(c4ccccn4)CC3)nc(C)n2)cc1. The van der Waals surface area contributed by atoms with Gasteiger partial charge in [0.25, 0.3) is 0 Å². The van der Waals surface area contributed by atoms with Gasteiger partial charge in [-0.15, -0.1) is 0 Å². The van der Waals surface area contributed by atoms with Crippen LogP contribution in [0.1, 0.15) is 12.7 Å². The fourth-order valence-electron chi connectivity index (χ4n) is 3.43. The predicted molar refractivity (Wildman–Crippen MR) is 116 cm³/mol. The average molecular weight is 390 g/mol. The average Bonchev–Trinajstić information content (AvgIpc) is 2.76. The number of nitrogens with one attached hydrogen (secondary N) is 1. The minimum absolute atomic E-state index is 0.662. The summed E-state index contributed by atoms with van der Waals surface area (Å²) in [5.74, 6) is 4.39. The smallest absolute Gasteiger partial charge is 0.136 e. The largest absolute Gasteiger partial charge is 0.494 e. The standard InChI is InChI=1S/C22H26N6O/c1-3-29-19-9-7-18(8-10-19)26-20-16-22(25-17(2)24-20)28-14-12-27(13-15-28)21-6-4-5-11-23-21/h4-11,16H,3,12-15H2,1-2H3,(H,24,25,26). The van der Waals surface area contributed by atoms with Gasteiger partial charge in [0.1, 0.15) is 29.0 Å². The molecule has 1 N–H and O–H groups in total. The van der Waals surface area contributed by atoms with E-state index in [1.54, 1.807) is 0 Å². The summed E-state index contributed by atoms with van der Waals surface area (Å²) >= 11 is 0. The highest BCUT2D eigenvalue weighted by Gasteiger charge is 2.19. The van der Waals surface area contributed by atoms with Crippen molar-refractivity contribution in [2.24, 2.45) is 0 Å². The molecule has 3 heterocycles. The molecule has 0 unspecified atom stereocenters. The third-order valence-corrected chi connectivity index (χ3v) is 4.84. The van der Waals surface area contributed by atoms with Crippen LogP contribution in [0.5, 0.6) is 5.75 Å². The Bertz CT molecular complexity index is 924. The molecule has 0 amide bonds. The van der Waals surface area contributed by atoms with Crippen molar-refractivity contribution in [1.29, 1.82) is 0 Å². The summed E-state index contributed by atoms with van der Waals surface area (Å²) in [6.07, 6.45) is 1.84. The van der Waals surface area contributed by atoms with Crippen molar-refractivity contribution < 1.29 is 4.74 Å². The number of rotatable bonds is 6. The zero-order valence-electron chi connectivity index (χ0n) is 16.9. The van der Waals surface area contributed by atoms with Crippen LogP contribution < -0.4 is 19.9 Å². The molecule has 1 aliphatic heterocycles. The second-order valence-corrected chi connectivity index (χ2v) is 6.90. The van der Waals surface area contributed by atoms with Gasteiger partial charge in [-0.25, -0.2) is 15.0 Å². The maximum Gasteiger partial charge on any atom is 0.136 e. The van der Waals surface area contributed by atoms with Crippen LogP contribution >= 0.6 is 0 Å². The van der Waals surface area contributed by atoms with E-state index in [9.17, 15) is 0 Å². The van der Waals surface area contributed by atoms with Crippen LogP contribution in [0.25, 0.3) is 0 Å². The summed E-state index contributed by atoms with van der Waals surface area (Å²) in [5, 5.41) is 3.37.